The summed E-state index contributed by atoms with van der Waals surface area (Å²) in [6.07, 6.45) is 0.307. The van der Waals surface area contributed by atoms with Gasteiger partial charge in [-0.2, -0.15) is 0 Å². The second-order valence-electron chi connectivity index (χ2n) is 5.09. The summed E-state index contributed by atoms with van der Waals surface area (Å²) in [6, 6.07) is 6.80. The second-order valence-corrected chi connectivity index (χ2v) is 5.09. The monoisotopic (exact) mass is 204 g/mol. The molecule has 0 fully saturated rings. The van der Waals surface area contributed by atoms with E-state index in [4.69, 9.17) is 4.74 Å². The standard InChI is InChI=1S/C14H20O/c1-9(2)11-5-6-13-12(7-11)8-15-14(13)10(3)4/h5-7,9-10,14H,8H2,1-4H3. The third-order valence-electron chi connectivity index (χ3n) is 3.16. The fourth-order valence-electron chi connectivity index (χ4n) is 2.21. The Hall–Kier alpha value is -0.820. The van der Waals surface area contributed by atoms with Gasteiger partial charge in [-0.3, -0.25) is 0 Å². The molecular formula is C14H20O. The molecule has 2 rings (SSSR count). The van der Waals surface area contributed by atoms with Crippen LogP contribution in [-0.4, -0.2) is 0 Å². The number of ether oxygens (including phenoxy) is 1. The number of benzene rings is 1. The fraction of sp³-hybridized carbons (Fsp3) is 0.571. The van der Waals surface area contributed by atoms with Crippen molar-refractivity contribution in [2.24, 2.45) is 5.92 Å². The van der Waals surface area contributed by atoms with Crippen LogP contribution in [0.25, 0.3) is 0 Å². The van der Waals surface area contributed by atoms with Gasteiger partial charge in [0.1, 0.15) is 0 Å². The Morgan fingerprint density at radius 3 is 2.53 bits per heavy atom. The first-order valence-corrected chi connectivity index (χ1v) is 5.84. The average Bonchev–Trinajstić information content (AvgIpc) is 2.59. The van der Waals surface area contributed by atoms with Gasteiger partial charge in [-0.05, 0) is 28.5 Å². The summed E-state index contributed by atoms with van der Waals surface area (Å²) < 4.78 is 5.82. The van der Waals surface area contributed by atoms with Crippen molar-refractivity contribution in [1.82, 2.24) is 0 Å². The van der Waals surface area contributed by atoms with E-state index in [0.29, 0.717) is 17.9 Å². The second kappa shape index (κ2) is 3.97. The van der Waals surface area contributed by atoms with E-state index < -0.39 is 0 Å². The predicted molar refractivity (Wildman–Crippen MR) is 62.9 cm³/mol. The van der Waals surface area contributed by atoms with Crippen molar-refractivity contribution in [3.63, 3.8) is 0 Å². The summed E-state index contributed by atoms with van der Waals surface area (Å²) >= 11 is 0. The normalized spacial score (nSPS) is 20.0. The number of rotatable bonds is 2. The molecule has 1 aromatic carbocycles. The maximum Gasteiger partial charge on any atom is 0.0855 e. The first-order valence-electron chi connectivity index (χ1n) is 5.84. The van der Waals surface area contributed by atoms with Gasteiger partial charge in [0.2, 0.25) is 0 Å². The Bertz CT molecular complexity index is 352. The van der Waals surface area contributed by atoms with Crippen LogP contribution in [-0.2, 0) is 11.3 Å². The SMILES string of the molecule is CC(C)c1ccc2c(c1)COC2C(C)C. The average molecular weight is 204 g/mol. The zero-order valence-corrected chi connectivity index (χ0v) is 10.1. The van der Waals surface area contributed by atoms with Crippen molar-refractivity contribution in [2.75, 3.05) is 0 Å². The van der Waals surface area contributed by atoms with Gasteiger partial charge >= 0.3 is 0 Å². The quantitative estimate of drug-likeness (QED) is 0.706. The van der Waals surface area contributed by atoms with E-state index in [1.807, 2.05) is 0 Å². The van der Waals surface area contributed by atoms with Crippen molar-refractivity contribution in [3.8, 4) is 0 Å². The van der Waals surface area contributed by atoms with Crippen LogP contribution < -0.4 is 0 Å². The Labute approximate surface area is 92.5 Å². The number of fused-ring (bicyclic) bond motifs is 1. The molecule has 1 aromatic rings. The van der Waals surface area contributed by atoms with Gasteiger partial charge in [0, 0.05) is 0 Å². The lowest BCUT2D eigenvalue weighted by atomic mass is 9.93. The molecule has 0 bridgehead atoms. The minimum Gasteiger partial charge on any atom is -0.369 e. The molecule has 0 aromatic heterocycles. The molecule has 0 saturated carbocycles. The first-order chi connectivity index (χ1) is 7.09. The van der Waals surface area contributed by atoms with Crippen molar-refractivity contribution >= 4 is 0 Å². The highest BCUT2D eigenvalue weighted by atomic mass is 16.5. The van der Waals surface area contributed by atoms with Crippen LogP contribution >= 0.6 is 0 Å². The van der Waals surface area contributed by atoms with E-state index in [1.165, 1.54) is 16.7 Å². The van der Waals surface area contributed by atoms with E-state index >= 15 is 0 Å². The zero-order valence-electron chi connectivity index (χ0n) is 10.1. The number of hydrogen-bond donors (Lipinski definition) is 0. The summed E-state index contributed by atoms with van der Waals surface area (Å²) in [6.45, 7) is 9.69. The minimum absolute atomic E-state index is 0.307. The molecule has 82 valence electrons. The third-order valence-corrected chi connectivity index (χ3v) is 3.16. The van der Waals surface area contributed by atoms with Crippen molar-refractivity contribution < 1.29 is 4.74 Å². The maximum atomic E-state index is 5.82. The lowest BCUT2D eigenvalue weighted by Crippen LogP contribution is -2.04. The molecule has 1 aliphatic heterocycles. The summed E-state index contributed by atoms with van der Waals surface area (Å²) in [5, 5.41) is 0. The molecule has 0 spiro atoms. The topological polar surface area (TPSA) is 9.23 Å². The van der Waals surface area contributed by atoms with Crippen LogP contribution in [0, 0.1) is 5.92 Å². The Morgan fingerprint density at radius 2 is 1.93 bits per heavy atom. The van der Waals surface area contributed by atoms with E-state index in [1.54, 1.807) is 0 Å². The molecule has 1 heterocycles. The van der Waals surface area contributed by atoms with Crippen molar-refractivity contribution in [1.29, 1.82) is 0 Å². The highest BCUT2D eigenvalue weighted by molar-refractivity contribution is 5.36. The largest absolute Gasteiger partial charge is 0.369 e. The van der Waals surface area contributed by atoms with Crippen LogP contribution in [0.2, 0.25) is 0 Å². The van der Waals surface area contributed by atoms with E-state index in [9.17, 15) is 0 Å². The molecule has 1 aliphatic rings. The van der Waals surface area contributed by atoms with Gasteiger partial charge in [-0.15, -0.1) is 0 Å². The van der Waals surface area contributed by atoms with Crippen LogP contribution in [0.5, 0.6) is 0 Å². The fourth-order valence-corrected chi connectivity index (χ4v) is 2.21. The molecular weight excluding hydrogens is 184 g/mol. The van der Waals surface area contributed by atoms with Gasteiger partial charge in [-0.25, -0.2) is 0 Å². The predicted octanol–water partition coefficient (Wildman–Crippen LogP) is 4.04. The molecule has 1 unspecified atom stereocenters. The summed E-state index contributed by atoms with van der Waals surface area (Å²) in [5.74, 6) is 1.17. The molecule has 0 amide bonds. The van der Waals surface area contributed by atoms with Crippen LogP contribution in [0.1, 0.15) is 56.4 Å². The Kier molecular flexibility index (Phi) is 2.83. The summed E-state index contributed by atoms with van der Waals surface area (Å²) in [5.41, 5.74) is 4.20. The maximum absolute atomic E-state index is 5.82. The van der Waals surface area contributed by atoms with Gasteiger partial charge in [0.05, 0.1) is 12.7 Å². The molecule has 1 atom stereocenters. The van der Waals surface area contributed by atoms with Gasteiger partial charge in [0.25, 0.3) is 0 Å². The van der Waals surface area contributed by atoms with Crippen molar-refractivity contribution in [2.45, 2.75) is 46.3 Å². The van der Waals surface area contributed by atoms with E-state index in [-0.39, 0.29) is 0 Å². The smallest absolute Gasteiger partial charge is 0.0855 e. The zero-order chi connectivity index (χ0) is 11.0. The molecule has 15 heavy (non-hydrogen) atoms. The minimum atomic E-state index is 0.307. The molecule has 0 N–H and O–H groups in total. The van der Waals surface area contributed by atoms with Gasteiger partial charge < -0.3 is 4.74 Å². The van der Waals surface area contributed by atoms with Gasteiger partial charge in [-0.1, -0.05) is 45.9 Å². The van der Waals surface area contributed by atoms with E-state index in [2.05, 4.69) is 45.9 Å². The summed E-state index contributed by atoms with van der Waals surface area (Å²) in [4.78, 5) is 0. The first kappa shape index (κ1) is 10.7. The van der Waals surface area contributed by atoms with Crippen LogP contribution in [0.3, 0.4) is 0 Å². The summed E-state index contributed by atoms with van der Waals surface area (Å²) in [7, 11) is 0. The third kappa shape index (κ3) is 1.93. The van der Waals surface area contributed by atoms with Crippen molar-refractivity contribution in [3.05, 3.63) is 34.9 Å². The van der Waals surface area contributed by atoms with E-state index in [0.717, 1.165) is 6.61 Å². The molecule has 1 heteroatoms. The van der Waals surface area contributed by atoms with Crippen LogP contribution in [0.4, 0.5) is 0 Å². The molecule has 0 radical (unpaired) electrons. The lowest BCUT2D eigenvalue weighted by molar-refractivity contribution is 0.0341. The number of hydrogen-bond acceptors (Lipinski definition) is 1. The van der Waals surface area contributed by atoms with Crippen LogP contribution in [0.15, 0.2) is 18.2 Å². The molecule has 0 aliphatic carbocycles. The molecule has 1 nitrogen and oxygen atoms in total. The highest BCUT2D eigenvalue weighted by Crippen LogP contribution is 2.36. The Balaban J connectivity index is 2.33. The van der Waals surface area contributed by atoms with Gasteiger partial charge in [0.15, 0.2) is 0 Å². The lowest BCUT2D eigenvalue weighted by Gasteiger charge is -2.15. The highest BCUT2D eigenvalue weighted by Gasteiger charge is 2.25. The Morgan fingerprint density at radius 1 is 1.20 bits per heavy atom. The molecule has 0 saturated heterocycles.